The zero-order chi connectivity index (χ0) is 16.7. The molecule has 0 amide bonds. The lowest BCUT2D eigenvalue weighted by atomic mass is 9.77. The molecule has 128 valence electrons. The average molecular weight is 349 g/mol. The van der Waals surface area contributed by atoms with Crippen LogP contribution in [0.15, 0.2) is 30.7 Å². The molecule has 1 unspecified atom stereocenters. The first-order chi connectivity index (χ1) is 11.6. The molecule has 2 aliphatic rings. The minimum atomic E-state index is -1.11. The van der Waals surface area contributed by atoms with Crippen molar-refractivity contribution in [1.82, 2.24) is 9.55 Å². The number of halogens is 2. The SMILES string of the molecule is OCC1CCC(F)(CCC2c3c(Cl)cccc3-c3cncn32)CC1. The van der Waals surface area contributed by atoms with E-state index in [4.69, 9.17) is 11.6 Å². The van der Waals surface area contributed by atoms with Crippen molar-refractivity contribution in [1.29, 1.82) is 0 Å². The molecule has 1 aromatic carbocycles. The molecule has 24 heavy (non-hydrogen) atoms. The lowest BCUT2D eigenvalue weighted by molar-refractivity contribution is 0.0530. The smallest absolute Gasteiger partial charge is 0.111 e. The number of aliphatic hydroxyl groups excluding tert-OH is 1. The van der Waals surface area contributed by atoms with Gasteiger partial charge in [0.1, 0.15) is 5.67 Å². The summed E-state index contributed by atoms with van der Waals surface area (Å²) in [6.45, 7) is 0.181. The second-order valence-electron chi connectivity index (χ2n) is 7.22. The zero-order valence-electron chi connectivity index (χ0n) is 13.6. The van der Waals surface area contributed by atoms with Gasteiger partial charge in [-0.15, -0.1) is 0 Å². The van der Waals surface area contributed by atoms with E-state index in [2.05, 4.69) is 15.6 Å². The summed E-state index contributed by atoms with van der Waals surface area (Å²) in [5.41, 5.74) is 2.16. The lowest BCUT2D eigenvalue weighted by Crippen LogP contribution is -2.31. The number of imidazole rings is 1. The normalized spacial score (nSPS) is 28.6. The molecule has 0 spiro atoms. The quantitative estimate of drug-likeness (QED) is 0.863. The van der Waals surface area contributed by atoms with Gasteiger partial charge in [-0.05, 0) is 50.5 Å². The molecule has 1 N–H and O–H groups in total. The first kappa shape index (κ1) is 16.1. The second-order valence-corrected chi connectivity index (χ2v) is 7.63. The minimum Gasteiger partial charge on any atom is -0.396 e. The summed E-state index contributed by atoms with van der Waals surface area (Å²) < 4.78 is 17.3. The highest BCUT2D eigenvalue weighted by molar-refractivity contribution is 6.32. The summed E-state index contributed by atoms with van der Waals surface area (Å²) in [6, 6.07) is 5.99. The molecule has 1 saturated carbocycles. The van der Waals surface area contributed by atoms with E-state index in [1.807, 2.05) is 24.7 Å². The van der Waals surface area contributed by atoms with E-state index in [0.29, 0.717) is 19.3 Å². The van der Waals surface area contributed by atoms with Gasteiger partial charge in [0.2, 0.25) is 0 Å². The van der Waals surface area contributed by atoms with Crippen LogP contribution in [0.25, 0.3) is 11.3 Å². The van der Waals surface area contributed by atoms with Gasteiger partial charge in [-0.1, -0.05) is 23.7 Å². The van der Waals surface area contributed by atoms with Crippen LogP contribution in [0.2, 0.25) is 5.02 Å². The number of rotatable bonds is 4. The fourth-order valence-corrected chi connectivity index (χ4v) is 4.61. The largest absolute Gasteiger partial charge is 0.396 e. The molecule has 1 fully saturated rings. The molecule has 0 bridgehead atoms. The van der Waals surface area contributed by atoms with Gasteiger partial charge in [0.15, 0.2) is 0 Å². The van der Waals surface area contributed by atoms with Gasteiger partial charge < -0.3 is 9.67 Å². The monoisotopic (exact) mass is 348 g/mol. The van der Waals surface area contributed by atoms with Crippen LogP contribution in [0.4, 0.5) is 4.39 Å². The molecule has 4 rings (SSSR count). The Bertz CT molecular complexity index is 737. The van der Waals surface area contributed by atoms with E-state index in [-0.39, 0.29) is 18.6 Å². The lowest BCUT2D eigenvalue weighted by Gasteiger charge is -2.34. The zero-order valence-corrected chi connectivity index (χ0v) is 14.3. The van der Waals surface area contributed by atoms with Crippen molar-refractivity contribution in [2.75, 3.05) is 6.61 Å². The Morgan fingerprint density at radius 2 is 2.12 bits per heavy atom. The maximum absolute atomic E-state index is 15.2. The number of hydrogen-bond acceptors (Lipinski definition) is 2. The molecule has 0 saturated heterocycles. The average Bonchev–Trinajstić information content (AvgIpc) is 3.16. The van der Waals surface area contributed by atoms with Crippen molar-refractivity contribution < 1.29 is 9.50 Å². The fraction of sp³-hybridized carbons (Fsp3) is 0.526. The van der Waals surface area contributed by atoms with Crippen molar-refractivity contribution >= 4 is 11.6 Å². The number of nitrogens with zero attached hydrogens (tertiary/aromatic N) is 2. The van der Waals surface area contributed by atoms with Gasteiger partial charge in [-0.3, -0.25) is 0 Å². The van der Waals surface area contributed by atoms with Crippen LogP contribution in [-0.2, 0) is 0 Å². The molecule has 0 radical (unpaired) electrons. The standard InChI is InChI=1S/C19H22ClFN2O/c20-15-3-1-2-14-17-10-22-12-23(17)16(18(14)15)6-9-19(21)7-4-13(11-24)5-8-19/h1-3,10,12-13,16,24H,4-9,11H2. The molecular weight excluding hydrogens is 327 g/mol. The third kappa shape index (κ3) is 2.66. The molecular formula is C19H22ClFN2O. The Kier molecular flexibility index (Phi) is 4.13. The van der Waals surface area contributed by atoms with Gasteiger partial charge in [0.25, 0.3) is 0 Å². The Morgan fingerprint density at radius 3 is 2.88 bits per heavy atom. The Hall–Kier alpha value is -1.39. The molecule has 1 aromatic heterocycles. The van der Waals surface area contributed by atoms with Gasteiger partial charge in [0.05, 0.1) is 24.3 Å². The summed E-state index contributed by atoms with van der Waals surface area (Å²) in [4.78, 5) is 4.25. The van der Waals surface area contributed by atoms with Gasteiger partial charge >= 0.3 is 0 Å². The van der Waals surface area contributed by atoms with Gasteiger partial charge in [-0.2, -0.15) is 0 Å². The number of aromatic nitrogens is 2. The maximum Gasteiger partial charge on any atom is 0.111 e. The first-order valence-electron chi connectivity index (χ1n) is 8.72. The van der Waals surface area contributed by atoms with Gasteiger partial charge in [0, 0.05) is 22.8 Å². The topological polar surface area (TPSA) is 38.1 Å². The van der Waals surface area contributed by atoms with E-state index in [1.165, 1.54) is 0 Å². The molecule has 5 heteroatoms. The predicted molar refractivity (Wildman–Crippen MR) is 92.9 cm³/mol. The van der Waals surface area contributed by atoms with Crippen LogP contribution in [0.3, 0.4) is 0 Å². The van der Waals surface area contributed by atoms with E-state index >= 15 is 4.39 Å². The van der Waals surface area contributed by atoms with Crippen LogP contribution in [-0.4, -0.2) is 26.9 Å². The Labute approximate surface area is 146 Å². The summed E-state index contributed by atoms with van der Waals surface area (Å²) in [6.07, 6.45) is 7.60. The van der Waals surface area contributed by atoms with Gasteiger partial charge in [-0.25, -0.2) is 9.37 Å². The van der Waals surface area contributed by atoms with E-state index in [1.54, 1.807) is 0 Å². The second kappa shape index (κ2) is 6.16. The molecule has 1 aliphatic carbocycles. The molecule has 2 aromatic rings. The van der Waals surface area contributed by atoms with Crippen molar-refractivity contribution in [3.05, 3.63) is 41.3 Å². The fourth-order valence-electron chi connectivity index (χ4n) is 4.31. The first-order valence-corrected chi connectivity index (χ1v) is 9.09. The van der Waals surface area contributed by atoms with Crippen molar-refractivity contribution in [3.8, 4) is 11.3 Å². The number of aliphatic hydroxyl groups is 1. The highest BCUT2D eigenvalue weighted by Crippen LogP contribution is 2.47. The summed E-state index contributed by atoms with van der Waals surface area (Å²) >= 11 is 6.45. The highest BCUT2D eigenvalue weighted by Gasteiger charge is 2.37. The van der Waals surface area contributed by atoms with Crippen molar-refractivity contribution in [2.24, 2.45) is 5.92 Å². The molecule has 3 nitrogen and oxygen atoms in total. The molecule has 1 aliphatic heterocycles. The van der Waals surface area contributed by atoms with Crippen molar-refractivity contribution in [3.63, 3.8) is 0 Å². The molecule has 2 heterocycles. The number of alkyl halides is 1. The third-order valence-corrected chi connectivity index (χ3v) is 6.12. The highest BCUT2D eigenvalue weighted by atomic mass is 35.5. The Morgan fingerprint density at radius 1 is 1.33 bits per heavy atom. The summed E-state index contributed by atoms with van der Waals surface area (Å²) in [7, 11) is 0. The van der Waals surface area contributed by atoms with Crippen LogP contribution in [0.1, 0.15) is 50.1 Å². The van der Waals surface area contributed by atoms with Crippen LogP contribution in [0, 0.1) is 5.92 Å². The van der Waals surface area contributed by atoms with Crippen molar-refractivity contribution in [2.45, 2.75) is 50.2 Å². The van der Waals surface area contributed by atoms with E-state index < -0.39 is 5.67 Å². The molecule has 1 atom stereocenters. The summed E-state index contributed by atoms with van der Waals surface area (Å²) in [5, 5.41) is 9.99. The van der Waals surface area contributed by atoms with Crippen LogP contribution >= 0.6 is 11.6 Å². The Balaban J connectivity index is 1.54. The summed E-state index contributed by atoms with van der Waals surface area (Å²) in [5.74, 6) is 0.274. The van der Waals surface area contributed by atoms with Crippen LogP contribution < -0.4 is 0 Å². The number of fused-ring (bicyclic) bond motifs is 3. The minimum absolute atomic E-state index is 0.0643. The number of hydrogen-bond donors (Lipinski definition) is 1. The third-order valence-electron chi connectivity index (χ3n) is 5.79. The maximum atomic E-state index is 15.2. The van der Waals surface area contributed by atoms with E-state index in [0.717, 1.165) is 41.1 Å². The predicted octanol–water partition coefficient (Wildman–Crippen LogP) is 4.78. The number of benzene rings is 1. The van der Waals surface area contributed by atoms with Crippen LogP contribution in [0.5, 0.6) is 0 Å². The van der Waals surface area contributed by atoms with E-state index in [9.17, 15) is 5.11 Å².